The molecule has 0 atom stereocenters. The average molecular weight is 216 g/mol. The summed E-state index contributed by atoms with van der Waals surface area (Å²) in [7, 11) is 0. The number of hydrogen-bond donors (Lipinski definition) is 1. The summed E-state index contributed by atoms with van der Waals surface area (Å²) in [5, 5.41) is 9.35. The zero-order valence-electron chi connectivity index (χ0n) is 12.5. The highest BCUT2D eigenvalue weighted by Gasteiger charge is 2.29. The molecule has 0 spiro atoms. The maximum Gasteiger partial charge on any atom is 0.0639 e. The van der Waals surface area contributed by atoms with Crippen LogP contribution >= 0.6 is 0 Å². The van der Waals surface area contributed by atoms with Gasteiger partial charge in [-0.25, -0.2) is 0 Å². The molecule has 0 aliphatic rings. The summed E-state index contributed by atoms with van der Waals surface area (Å²) in [6, 6.07) is 0. The van der Waals surface area contributed by atoms with Crippen LogP contribution in [0.25, 0.3) is 0 Å². The molecular formula is C14H32O. The van der Waals surface area contributed by atoms with Crippen LogP contribution in [0, 0.1) is 16.7 Å². The summed E-state index contributed by atoms with van der Waals surface area (Å²) in [5.41, 5.74) is -0.0694. The molecule has 0 unspecified atom stereocenters. The summed E-state index contributed by atoms with van der Waals surface area (Å²) in [5.74, 6) is 0.799. The minimum atomic E-state index is -0.562. The molecule has 0 amide bonds. The van der Waals surface area contributed by atoms with Gasteiger partial charge in [-0.05, 0) is 30.6 Å². The van der Waals surface area contributed by atoms with Crippen molar-refractivity contribution in [3.05, 3.63) is 0 Å². The standard InChI is InChI=1S/C7H16O.C7H16/c1-6(2,3)7(4,5)8;1-6(2)7(3,4)5/h8H,1-5H3;6H,1-5H3. The monoisotopic (exact) mass is 216 g/mol. The first kappa shape index (κ1) is 17.4. The normalized spacial score (nSPS) is 13.6. The van der Waals surface area contributed by atoms with Crippen molar-refractivity contribution in [2.24, 2.45) is 16.7 Å². The zero-order chi connectivity index (χ0) is 13.1. The molecule has 94 valence electrons. The molecule has 1 N–H and O–H groups in total. The third-order valence-corrected chi connectivity index (χ3v) is 3.57. The van der Waals surface area contributed by atoms with Gasteiger partial charge in [0.25, 0.3) is 0 Å². The highest BCUT2D eigenvalue weighted by atomic mass is 16.3. The van der Waals surface area contributed by atoms with Crippen molar-refractivity contribution in [3.8, 4) is 0 Å². The lowest BCUT2D eigenvalue weighted by Crippen LogP contribution is -2.35. The van der Waals surface area contributed by atoms with E-state index in [0.717, 1.165) is 5.92 Å². The first-order valence-electron chi connectivity index (χ1n) is 5.92. The topological polar surface area (TPSA) is 20.2 Å². The van der Waals surface area contributed by atoms with Crippen molar-refractivity contribution in [2.45, 2.75) is 74.8 Å². The largest absolute Gasteiger partial charge is 0.390 e. The Kier molecular flexibility index (Phi) is 6.18. The Morgan fingerprint density at radius 1 is 0.733 bits per heavy atom. The predicted molar refractivity (Wildman–Crippen MR) is 70.0 cm³/mol. The Morgan fingerprint density at radius 3 is 0.867 bits per heavy atom. The number of rotatable bonds is 0. The Labute approximate surface area is 97.3 Å². The second-order valence-electron chi connectivity index (χ2n) is 7.33. The van der Waals surface area contributed by atoms with Gasteiger partial charge in [0.05, 0.1) is 5.60 Å². The van der Waals surface area contributed by atoms with Gasteiger partial charge in [-0.3, -0.25) is 0 Å². The van der Waals surface area contributed by atoms with Gasteiger partial charge in [0.2, 0.25) is 0 Å². The highest BCUT2D eigenvalue weighted by molar-refractivity contribution is 4.80. The van der Waals surface area contributed by atoms with E-state index < -0.39 is 5.60 Å². The smallest absolute Gasteiger partial charge is 0.0639 e. The fourth-order valence-corrected chi connectivity index (χ4v) is 0. The highest BCUT2D eigenvalue weighted by Crippen LogP contribution is 2.28. The molecule has 0 saturated heterocycles. The molecule has 0 rings (SSSR count). The number of hydrogen-bond acceptors (Lipinski definition) is 1. The minimum Gasteiger partial charge on any atom is -0.390 e. The molecule has 0 aromatic carbocycles. The summed E-state index contributed by atoms with van der Waals surface area (Å²) in [6.07, 6.45) is 0. The molecule has 0 bridgehead atoms. The van der Waals surface area contributed by atoms with Crippen molar-refractivity contribution in [2.75, 3.05) is 0 Å². The van der Waals surface area contributed by atoms with Gasteiger partial charge in [0, 0.05) is 0 Å². The molecule has 0 radical (unpaired) electrons. The second-order valence-corrected chi connectivity index (χ2v) is 7.33. The van der Waals surface area contributed by atoms with Gasteiger partial charge < -0.3 is 5.11 Å². The maximum atomic E-state index is 9.35. The predicted octanol–water partition coefficient (Wildman–Crippen LogP) is 4.49. The fraction of sp³-hybridized carbons (Fsp3) is 1.00. The third-order valence-electron chi connectivity index (χ3n) is 3.57. The van der Waals surface area contributed by atoms with Crippen molar-refractivity contribution in [3.63, 3.8) is 0 Å². The van der Waals surface area contributed by atoms with Gasteiger partial charge in [-0.1, -0.05) is 55.4 Å². The number of aliphatic hydroxyl groups is 1. The average Bonchev–Trinajstić information content (AvgIpc) is 1.80. The van der Waals surface area contributed by atoms with Crippen LogP contribution in [0.2, 0.25) is 0 Å². The van der Waals surface area contributed by atoms with Crippen molar-refractivity contribution >= 4 is 0 Å². The third kappa shape index (κ3) is 8.92. The SMILES string of the molecule is CC(C)(C)C(C)(C)O.CC(C)C(C)(C)C. The second kappa shape index (κ2) is 5.34. The van der Waals surface area contributed by atoms with E-state index in [9.17, 15) is 5.11 Å². The van der Waals surface area contributed by atoms with Gasteiger partial charge in [0.15, 0.2) is 0 Å². The van der Waals surface area contributed by atoms with Crippen molar-refractivity contribution < 1.29 is 5.11 Å². The molecule has 0 heterocycles. The first-order chi connectivity index (χ1) is 6.19. The van der Waals surface area contributed by atoms with E-state index in [2.05, 4.69) is 34.6 Å². The van der Waals surface area contributed by atoms with Crippen LogP contribution in [-0.4, -0.2) is 10.7 Å². The van der Waals surface area contributed by atoms with E-state index >= 15 is 0 Å². The lowest BCUT2D eigenvalue weighted by Gasteiger charge is -2.33. The van der Waals surface area contributed by atoms with E-state index in [1.165, 1.54) is 0 Å². The summed E-state index contributed by atoms with van der Waals surface area (Å²) >= 11 is 0. The Morgan fingerprint density at radius 2 is 0.867 bits per heavy atom. The molecule has 0 saturated carbocycles. The zero-order valence-corrected chi connectivity index (χ0v) is 12.5. The Balaban J connectivity index is 0. The van der Waals surface area contributed by atoms with Crippen LogP contribution < -0.4 is 0 Å². The van der Waals surface area contributed by atoms with Crippen LogP contribution in [0.1, 0.15) is 69.2 Å². The molecule has 15 heavy (non-hydrogen) atoms. The Bertz CT molecular complexity index is 147. The summed E-state index contributed by atoms with van der Waals surface area (Å²) in [4.78, 5) is 0. The molecule has 0 fully saturated rings. The maximum absolute atomic E-state index is 9.35. The molecule has 0 aromatic rings. The van der Waals surface area contributed by atoms with Crippen LogP contribution in [-0.2, 0) is 0 Å². The molecule has 1 nitrogen and oxygen atoms in total. The Hall–Kier alpha value is -0.0400. The van der Waals surface area contributed by atoms with Crippen molar-refractivity contribution in [1.29, 1.82) is 0 Å². The van der Waals surface area contributed by atoms with Gasteiger partial charge >= 0.3 is 0 Å². The molecule has 0 aromatic heterocycles. The first-order valence-corrected chi connectivity index (χ1v) is 5.92. The van der Waals surface area contributed by atoms with Gasteiger partial charge in [0.1, 0.15) is 0 Å². The van der Waals surface area contributed by atoms with Gasteiger partial charge in [-0.2, -0.15) is 0 Å². The van der Waals surface area contributed by atoms with Crippen LogP contribution in [0.15, 0.2) is 0 Å². The van der Waals surface area contributed by atoms with Crippen molar-refractivity contribution in [1.82, 2.24) is 0 Å². The molecular weight excluding hydrogens is 184 g/mol. The molecule has 0 aliphatic heterocycles. The van der Waals surface area contributed by atoms with E-state index in [1.54, 1.807) is 0 Å². The molecule has 0 aliphatic carbocycles. The van der Waals surface area contributed by atoms with Gasteiger partial charge in [-0.15, -0.1) is 0 Å². The fourth-order valence-electron chi connectivity index (χ4n) is 0. The van der Waals surface area contributed by atoms with Crippen LogP contribution in [0.5, 0.6) is 0 Å². The van der Waals surface area contributed by atoms with E-state index in [4.69, 9.17) is 0 Å². The van der Waals surface area contributed by atoms with Crippen LogP contribution in [0.3, 0.4) is 0 Å². The summed E-state index contributed by atoms with van der Waals surface area (Å²) in [6.45, 7) is 21.0. The summed E-state index contributed by atoms with van der Waals surface area (Å²) < 4.78 is 0. The van der Waals surface area contributed by atoms with E-state index in [-0.39, 0.29) is 5.41 Å². The quantitative estimate of drug-likeness (QED) is 0.632. The minimum absolute atomic E-state index is 0.00694. The van der Waals surface area contributed by atoms with E-state index in [0.29, 0.717) is 5.41 Å². The van der Waals surface area contributed by atoms with E-state index in [1.807, 2.05) is 34.6 Å². The lowest BCUT2D eigenvalue weighted by molar-refractivity contribution is -0.0238. The molecule has 1 heteroatoms. The van der Waals surface area contributed by atoms with Crippen LogP contribution in [0.4, 0.5) is 0 Å². The lowest BCUT2D eigenvalue weighted by atomic mass is 9.79.